The van der Waals surface area contributed by atoms with Crippen LogP contribution < -0.4 is 5.32 Å². The second-order valence-corrected chi connectivity index (χ2v) is 5.90. The Bertz CT molecular complexity index is 678. The van der Waals surface area contributed by atoms with Crippen molar-refractivity contribution in [1.82, 2.24) is 4.98 Å². The van der Waals surface area contributed by atoms with Gasteiger partial charge in [0.25, 0.3) is 0 Å². The molecule has 5 heteroatoms. The lowest BCUT2D eigenvalue weighted by Crippen LogP contribution is -2.11. The van der Waals surface area contributed by atoms with Gasteiger partial charge < -0.3 is 10.4 Å². The SMILES string of the molecule is OC(CNc1nc2ccccc2s1)c1ccc(Cl)cc1. The minimum Gasteiger partial charge on any atom is -0.387 e. The summed E-state index contributed by atoms with van der Waals surface area (Å²) in [5.74, 6) is 0. The van der Waals surface area contributed by atoms with E-state index in [1.54, 1.807) is 23.5 Å². The maximum atomic E-state index is 10.1. The first kappa shape index (κ1) is 13.4. The van der Waals surface area contributed by atoms with Crippen LogP contribution in [0.1, 0.15) is 11.7 Å². The Kier molecular flexibility index (Phi) is 3.87. The molecule has 0 aliphatic heterocycles. The van der Waals surface area contributed by atoms with Crippen LogP contribution in [0.15, 0.2) is 48.5 Å². The topological polar surface area (TPSA) is 45.1 Å². The molecule has 3 aromatic rings. The lowest BCUT2D eigenvalue weighted by atomic mass is 10.1. The number of thiazole rings is 1. The Hall–Kier alpha value is -1.62. The first-order valence-electron chi connectivity index (χ1n) is 6.25. The number of hydrogen-bond donors (Lipinski definition) is 2. The lowest BCUT2D eigenvalue weighted by Gasteiger charge is -2.11. The van der Waals surface area contributed by atoms with E-state index in [0.717, 1.165) is 20.9 Å². The van der Waals surface area contributed by atoms with E-state index < -0.39 is 6.10 Å². The Morgan fingerprint density at radius 1 is 1.15 bits per heavy atom. The molecule has 102 valence electrons. The predicted octanol–water partition coefficient (Wildman–Crippen LogP) is 4.10. The summed E-state index contributed by atoms with van der Waals surface area (Å²) in [5.41, 5.74) is 1.81. The van der Waals surface area contributed by atoms with Crippen molar-refractivity contribution in [3.63, 3.8) is 0 Å². The number of rotatable bonds is 4. The van der Waals surface area contributed by atoms with Gasteiger partial charge in [0, 0.05) is 11.6 Å². The Balaban J connectivity index is 1.68. The monoisotopic (exact) mass is 304 g/mol. The average molecular weight is 305 g/mol. The minimum absolute atomic E-state index is 0.418. The fourth-order valence-corrected chi connectivity index (χ4v) is 2.93. The fourth-order valence-electron chi connectivity index (χ4n) is 1.93. The number of nitrogens with zero attached hydrogens (tertiary/aromatic N) is 1. The highest BCUT2D eigenvalue weighted by Gasteiger charge is 2.09. The number of aliphatic hydroxyl groups excluding tert-OH is 1. The molecule has 0 aliphatic rings. The maximum absolute atomic E-state index is 10.1. The molecule has 1 aromatic heterocycles. The lowest BCUT2D eigenvalue weighted by molar-refractivity contribution is 0.191. The number of nitrogens with one attached hydrogen (secondary N) is 1. The number of halogens is 1. The highest BCUT2D eigenvalue weighted by atomic mass is 35.5. The molecule has 2 N–H and O–H groups in total. The third-order valence-corrected chi connectivity index (χ3v) is 4.24. The molecular weight excluding hydrogens is 292 g/mol. The van der Waals surface area contributed by atoms with Crippen LogP contribution in [0.4, 0.5) is 5.13 Å². The molecular formula is C15H13ClN2OS. The van der Waals surface area contributed by atoms with E-state index in [1.165, 1.54) is 0 Å². The van der Waals surface area contributed by atoms with Gasteiger partial charge in [-0.2, -0.15) is 0 Å². The summed E-state index contributed by atoms with van der Waals surface area (Å²) in [6.45, 7) is 0.418. The number of anilines is 1. The van der Waals surface area contributed by atoms with E-state index in [-0.39, 0.29) is 0 Å². The summed E-state index contributed by atoms with van der Waals surface area (Å²) in [6.07, 6.45) is -0.584. The standard InChI is InChI=1S/C15H13ClN2OS/c16-11-7-5-10(6-8-11)13(19)9-17-15-18-12-3-1-2-4-14(12)20-15/h1-8,13,19H,9H2,(H,17,18). The first-order chi connectivity index (χ1) is 9.72. The molecule has 0 spiro atoms. The van der Waals surface area contributed by atoms with Crippen molar-refractivity contribution in [2.75, 3.05) is 11.9 Å². The molecule has 0 fully saturated rings. The van der Waals surface area contributed by atoms with E-state index >= 15 is 0 Å². The summed E-state index contributed by atoms with van der Waals surface area (Å²) in [6, 6.07) is 15.2. The molecule has 20 heavy (non-hydrogen) atoms. The average Bonchev–Trinajstić information content (AvgIpc) is 2.88. The third kappa shape index (κ3) is 2.93. The quantitative estimate of drug-likeness (QED) is 0.763. The molecule has 0 bridgehead atoms. The van der Waals surface area contributed by atoms with Crippen LogP contribution in [0.2, 0.25) is 5.02 Å². The zero-order valence-corrected chi connectivity index (χ0v) is 12.2. The number of aromatic nitrogens is 1. The first-order valence-corrected chi connectivity index (χ1v) is 7.45. The molecule has 0 saturated heterocycles. The molecule has 0 saturated carbocycles. The maximum Gasteiger partial charge on any atom is 0.183 e. The number of hydrogen-bond acceptors (Lipinski definition) is 4. The largest absolute Gasteiger partial charge is 0.387 e. The van der Waals surface area contributed by atoms with Crippen LogP contribution >= 0.6 is 22.9 Å². The fraction of sp³-hybridized carbons (Fsp3) is 0.133. The van der Waals surface area contributed by atoms with Crippen molar-refractivity contribution >= 4 is 38.3 Å². The molecule has 0 radical (unpaired) electrons. The van der Waals surface area contributed by atoms with Gasteiger partial charge in [-0.1, -0.05) is 47.2 Å². The minimum atomic E-state index is -0.584. The Morgan fingerprint density at radius 3 is 2.65 bits per heavy atom. The van der Waals surface area contributed by atoms with Crippen molar-refractivity contribution in [1.29, 1.82) is 0 Å². The van der Waals surface area contributed by atoms with Crippen LogP contribution in [0.3, 0.4) is 0 Å². The normalized spacial score (nSPS) is 12.5. The summed E-state index contributed by atoms with van der Waals surface area (Å²) >= 11 is 7.41. The van der Waals surface area contributed by atoms with E-state index in [0.29, 0.717) is 11.6 Å². The molecule has 0 amide bonds. The second-order valence-electron chi connectivity index (χ2n) is 4.43. The van der Waals surface area contributed by atoms with E-state index in [2.05, 4.69) is 10.3 Å². The number of benzene rings is 2. The zero-order valence-electron chi connectivity index (χ0n) is 10.6. The number of aliphatic hydroxyl groups is 1. The van der Waals surface area contributed by atoms with Crippen LogP contribution in [0.5, 0.6) is 0 Å². The van der Waals surface area contributed by atoms with E-state index in [1.807, 2.05) is 36.4 Å². The summed E-state index contributed by atoms with van der Waals surface area (Å²) in [7, 11) is 0. The van der Waals surface area contributed by atoms with Gasteiger partial charge in [-0.15, -0.1) is 0 Å². The molecule has 2 aromatic carbocycles. The molecule has 1 atom stereocenters. The van der Waals surface area contributed by atoms with Gasteiger partial charge in [0.1, 0.15) is 0 Å². The number of para-hydroxylation sites is 1. The van der Waals surface area contributed by atoms with Gasteiger partial charge in [-0.25, -0.2) is 4.98 Å². The number of fused-ring (bicyclic) bond motifs is 1. The van der Waals surface area contributed by atoms with Crippen LogP contribution in [-0.4, -0.2) is 16.6 Å². The van der Waals surface area contributed by atoms with E-state index in [9.17, 15) is 5.11 Å². The van der Waals surface area contributed by atoms with Gasteiger partial charge >= 0.3 is 0 Å². The Labute approximate surface area is 125 Å². The zero-order chi connectivity index (χ0) is 13.9. The summed E-state index contributed by atoms with van der Waals surface area (Å²) < 4.78 is 1.14. The van der Waals surface area contributed by atoms with Crippen molar-refractivity contribution in [3.8, 4) is 0 Å². The van der Waals surface area contributed by atoms with Crippen molar-refractivity contribution < 1.29 is 5.11 Å². The highest BCUT2D eigenvalue weighted by molar-refractivity contribution is 7.22. The summed E-state index contributed by atoms with van der Waals surface area (Å²) in [4.78, 5) is 4.47. The molecule has 0 aliphatic carbocycles. The predicted molar refractivity (Wildman–Crippen MR) is 84.5 cm³/mol. The van der Waals surface area contributed by atoms with Gasteiger partial charge in [-0.05, 0) is 29.8 Å². The van der Waals surface area contributed by atoms with Crippen LogP contribution in [-0.2, 0) is 0 Å². The van der Waals surface area contributed by atoms with Gasteiger partial charge in [0.05, 0.1) is 16.3 Å². The van der Waals surface area contributed by atoms with E-state index in [4.69, 9.17) is 11.6 Å². The smallest absolute Gasteiger partial charge is 0.183 e. The molecule has 1 unspecified atom stereocenters. The van der Waals surface area contributed by atoms with Gasteiger partial charge in [-0.3, -0.25) is 0 Å². The Morgan fingerprint density at radius 2 is 1.90 bits per heavy atom. The molecule has 1 heterocycles. The van der Waals surface area contributed by atoms with Crippen LogP contribution in [0, 0.1) is 0 Å². The van der Waals surface area contributed by atoms with Crippen molar-refractivity contribution in [2.45, 2.75) is 6.10 Å². The molecule has 3 nitrogen and oxygen atoms in total. The van der Waals surface area contributed by atoms with Gasteiger partial charge in [0.15, 0.2) is 5.13 Å². The highest BCUT2D eigenvalue weighted by Crippen LogP contribution is 2.26. The van der Waals surface area contributed by atoms with Crippen molar-refractivity contribution in [3.05, 3.63) is 59.1 Å². The molecule has 3 rings (SSSR count). The van der Waals surface area contributed by atoms with Gasteiger partial charge in [0.2, 0.25) is 0 Å². The van der Waals surface area contributed by atoms with Crippen LogP contribution in [0.25, 0.3) is 10.2 Å². The summed E-state index contributed by atoms with van der Waals surface area (Å²) in [5, 5.41) is 14.8. The second kappa shape index (κ2) is 5.79. The van der Waals surface area contributed by atoms with Crippen molar-refractivity contribution in [2.24, 2.45) is 0 Å². The third-order valence-electron chi connectivity index (χ3n) is 3.00.